The van der Waals surface area contributed by atoms with Crippen LogP contribution in [0.15, 0.2) is 41.0 Å². The third kappa shape index (κ3) is 2.63. The maximum atomic E-state index is 10.7. The molecule has 68 valence electrons. The van der Waals surface area contributed by atoms with E-state index in [2.05, 4.69) is 6.58 Å². The zero-order valence-corrected chi connectivity index (χ0v) is 7.06. The molecule has 0 saturated heterocycles. The number of hydrogen-bond acceptors (Lipinski definition) is 2. The van der Waals surface area contributed by atoms with E-state index < -0.39 is 5.97 Å². The second-order valence-electron chi connectivity index (χ2n) is 2.48. The third-order valence-corrected chi connectivity index (χ3v) is 1.50. The molecule has 0 bridgehead atoms. The Balaban J connectivity index is 2.86. The molecule has 0 atom stereocenters. The fourth-order valence-electron chi connectivity index (χ4n) is 0.909. The average molecular weight is 178 g/mol. The first kappa shape index (κ1) is 9.32. The predicted octanol–water partition coefficient (Wildman–Crippen LogP) is 2.32. The predicted molar refractivity (Wildman–Crippen MR) is 49.1 cm³/mol. The molecule has 0 spiro atoms. The Hall–Kier alpha value is -1.77. The van der Waals surface area contributed by atoms with Gasteiger partial charge in [-0.1, -0.05) is 6.08 Å². The second kappa shape index (κ2) is 4.30. The van der Waals surface area contributed by atoms with Crippen LogP contribution < -0.4 is 0 Å². The van der Waals surface area contributed by atoms with Crippen molar-refractivity contribution in [2.75, 3.05) is 0 Å². The lowest BCUT2D eigenvalue weighted by Gasteiger charge is -1.95. The van der Waals surface area contributed by atoms with Gasteiger partial charge in [0.15, 0.2) is 0 Å². The van der Waals surface area contributed by atoms with Crippen molar-refractivity contribution in [1.82, 2.24) is 0 Å². The molecule has 0 amide bonds. The molecule has 0 aliphatic rings. The molecule has 0 fully saturated rings. The quantitative estimate of drug-likeness (QED) is 0.568. The van der Waals surface area contributed by atoms with Gasteiger partial charge in [-0.2, -0.15) is 0 Å². The van der Waals surface area contributed by atoms with Gasteiger partial charge in [0.25, 0.3) is 0 Å². The third-order valence-electron chi connectivity index (χ3n) is 1.50. The number of furan rings is 1. The molecule has 1 aromatic rings. The first-order valence-electron chi connectivity index (χ1n) is 3.82. The van der Waals surface area contributed by atoms with Gasteiger partial charge in [0, 0.05) is 5.57 Å². The molecule has 0 unspecified atom stereocenters. The van der Waals surface area contributed by atoms with Crippen LogP contribution in [-0.2, 0) is 4.79 Å². The van der Waals surface area contributed by atoms with Crippen molar-refractivity contribution < 1.29 is 14.3 Å². The van der Waals surface area contributed by atoms with Crippen LogP contribution in [0, 0.1) is 0 Å². The van der Waals surface area contributed by atoms with Gasteiger partial charge < -0.3 is 9.52 Å². The highest BCUT2D eigenvalue weighted by Gasteiger charge is 2.05. The van der Waals surface area contributed by atoms with Crippen LogP contribution in [0.5, 0.6) is 0 Å². The smallest absolute Gasteiger partial charge is 0.332 e. The zero-order valence-electron chi connectivity index (χ0n) is 7.06. The summed E-state index contributed by atoms with van der Waals surface area (Å²) in [5.41, 5.74) is 0.268. The summed E-state index contributed by atoms with van der Waals surface area (Å²) in [5, 5.41) is 8.75. The molecule has 0 aliphatic carbocycles. The van der Waals surface area contributed by atoms with E-state index in [1.54, 1.807) is 18.2 Å². The number of hydrogen-bond donors (Lipinski definition) is 1. The average Bonchev–Trinajstić information content (AvgIpc) is 2.56. The Morgan fingerprint density at radius 3 is 2.92 bits per heavy atom. The van der Waals surface area contributed by atoms with Gasteiger partial charge >= 0.3 is 5.97 Å². The van der Waals surface area contributed by atoms with Gasteiger partial charge in [-0.05, 0) is 24.6 Å². The lowest BCUT2D eigenvalue weighted by Crippen LogP contribution is -1.98. The van der Waals surface area contributed by atoms with Gasteiger partial charge in [-0.3, -0.25) is 0 Å². The van der Waals surface area contributed by atoms with E-state index in [4.69, 9.17) is 9.52 Å². The molecule has 13 heavy (non-hydrogen) atoms. The topological polar surface area (TPSA) is 50.4 Å². The summed E-state index contributed by atoms with van der Waals surface area (Å²) < 4.78 is 4.99. The highest BCUT2D eigenvalue weighted by atomic mass is 16.4. The molecular formula is C10H10O3. The van der Waals surface area contributed by atoms with Crippen molar-refractivity contribution in [2.45, 2.75) is 6.42 Å². The van der Waals surface area contributed by atoms with Gasteiger partial charge in [-0.25, -0.2) is 4.79 Å². The molecule has 0 aliphatic heterocycles. The summed E-state index contributed by atoms with van der Waals surface area (Å²) in [6, 6.07) is 3.41. The lowest BCUT2D eigenvalue weighted by molar-refractivity contribution is -0.132. The van der Waals surface area contributed by atoms with Crippen LogP contribution in [0.2, 0.25) is 0 Å². The Bertz CT molecular complexity index is 320. The van der Waals surface area contributed by atoms with Crippen LogP contribution >= 0.6 is 0 Å². The normalized spacial score (nSPS) is 11.2. The Morgan fingerprint density at radius 1 is 1.69 bits per heavy atom. The van der Waals surface area contributed by atoms with Crippen molar-refractivity contribution in [3.05, 3.63) is 42.4 Å². The van der Waals surface area contributed by atoms with Crippen LogP contribution in [0.3, 0.4) is 0 Å². The van der Waals surface area contributed by atoms with E-state index in [9.17, 15) is 4.79 Å². The SMILES string of the molecule is C=CC/C(=C\c1ccco1)C(=O)O. The summed E-state index contributed by atoms with van der Waals surface area (Å²) in [6.45, 7) is 3.48. The van der Waals surface area contributed by atoms with Crippen molar-refractivity contribution in [2.24, 2.45) is 0 Å². The fraction of sp³-hybridized carbons (Fsp3) is 0.100. The number of carboxylic acid groups (broad SMARTS) is 1. The second-order valence-corrected chi connectivity index (χ2v) is 2.48. The summed E-state index contributed by atoms with van der Waals surface area (Å²) in [7, 11) is 0. The fourth-order valence-corrected chi connectivity index (χ4v) is 0.909. The molecule has 1 N–H and O–H groups in total. The van der Waals surface area contributed by atoms with E-state index >= 15 is 0 Å². The molecule has 1 heterocycles. The van der Waals surface area contributed by atoms with E-state index in [-0.39, 0.29) is 5.57 Å². The first-order chi connectivity index (χ1) is 6.24. The molecule has 0 saturated carbocycles. The molecule has 0 radical (unpaired) electrons. The van der Waals surface area contributed by atoms with Crippen LogP contribution in [-0.4, -0.2) is 11.1 Å². The lowest BCUT2D eigenvalue weighted by atomic mass is 10.1. The Morgan fingerprint density at radius 2 is 2.46 bits per heavy atom. The largest absolute Gasteiger partial charge is 0.478 e. The molecule has 1 rings (SSSR count). The van der Waals surface area contributed by atoms with Crippen molar-refractivity contribution in [3.63, 3.8) is 0 Å². The first-order valence-corrected chi connectivity index (χ1v) is 3.82. The summed E-state index contributed by atoms with van der Waals surface area (Å²) in [6.07, 6.45) is 4.86. The van der Waals surface area contributed by atoms with Gasteiger partial charge in [0.2, 0.25) is 0 Å². The molecule has 3 nitrogen and oxygen atoms in total. The van der Waals surface area contributed by atoms with Crippen LogP contribution in [0.1, 0.15) is 12.2 Å². The van der Waals surface area contributed by atoms with Gasteiger partial charge in [0.05, 0.1) is 6.26 Å². The molecule has 1 aromatic heterocycles. The number of rotatable bonds is 4. The Labute approximate surface area is 76.0 Å². The summed E-state index contributed by atoms with van der Waals surface area (Å²) >= 11 is 0. The number of allylic oxidation sites excluding steroid dienone is 1. The molecule has 0 aromatic carbocycles. The van der Waals surface area contributed by atoms with Gasteiger partial charge in [0.1, 0.15) is 5.76 Å². The van der Waals surface area contributed by atoms with Gasteiger partial charge in [-0.15, -0.1) is 6.58 Å². The minimum atomic E-state index is -0.948. The number of carboxylic acids is 1. The maximum absolute atomic E-state index is 10.7. The van der Waals surface area contributed by atoms with Crippen LogP contribution in [0.4, 0.5) is 0 Å². The highest BCUT2D eigenvalue weighted by molar-refractivity contribution is 5.91. The highest BCUT2D eigenvalue weighted by Crippen LogP contribution is 2.10. The van der Waals surface area contributed by atoms with Crippen molar-refractivity contribution in [1.29, 1.82) is 0 Å². The van der Waals surface area contributed by atoms with Crippen molar-refractivity contribution >= 4 is 12.0 Å². The summed E-state index contributed by atoms with van der Waals surface area (Å²) in [5.74, 6) is -0.407. The standard InChI is InChI=1S/C10H10O3/c1-2-4-8(10(11)12)7-9-5-3-6-13-9/h2-3,5-7H,1,4H2,(H,11,12)/b8-7+. The van der Waals surface area contributed by atoms with E-state index in [1.165, 1.54) is 12.3 Å². The minimum absolute atomic E-state index is 0.268. The monoisotopic (exact) mass is 178 g/mol. The summed E-state index contributed by atoms with van der Waals surface area (Å²) in [4.78, 5) is 10.7. The molecule has 3 heteroatoms. The van der Waals surface area contributed by atoms with Crippen LogP contribution in [0.25, 0.3) is 6.08 Å². The number of aliphatic carboxylic acids is 1. The zero-order chi connectivity index (χ0) is 9.68. The maximum Gasteiger partial charge on any atom is 0.332 e. The van der Waals surface area contributed by atoms with E-state index in [0.717, 1.165) is 0 Å². The van der Waals surface area contributed by atoms with E-state index in [1.807, 2.05) is 0 Å². The Kier molecular flexibility index (Phi) is 3.09. The van der Waals surface area contributed by atoms with Crippen molar-refractivity contribution in [3.8, 4) is 0 Å². The minimum Gasteiger partial charge on any atom is -0.478 e. The van der Waals surface area contributed by atoms with E-state index in [0.29, 0.717) is 12.2 Å². The molecular weight excluding hydrogens is 168 g/mol. The number of carbonyl (C=O) groups is 1.